The standard InChI is InChI=1S/C22H26O/c1-17-9-11-21(19(3)15-17)7-5-13-23-14-6-8-22-12-10-18(2)16-20(22)4/h5-12,15-16H,13-14H2,1-4H3. The fourth-order valence-corrected chi connectivity index (χ4v) is 2.58. The Balaban J connectivity index is 1.77. The molecule has 0 saturated carbocycles. The first kappa shape index (κ1) is 17.2. The molecule has 0 bridgehead atoms. The molecule has 0 saturated heterocycles. The van der Waals surface area contributed by atoms with Crippen molar-refractivity contribution < 1.29 is 4.74 Å². The number of aryl methyl sites for hydroxylation is 4. The Labute approximate surface area is 140 Å². The van der Waals surface area contributed by atoms with Crippen molar-refractivity contribution in [3.8, 4) is 0 Å². The molecule has 0 amide bonds. The lowest BCUT2D eigenvalue weighted by Crippen LogP contribution is -1.91. The number of hydrogen-bond acceptors (Lipinski definition) is 1. The molecular weight excluding hydrogens is 280 g/mol. The third-order valence-corrected chi connectivity index (χ3v) is 3.87. The van der Waals surface area contributed by atoms with E-state index in [9.17, 15) is 0 Å². The van der Waals surface area contributed by atoms with Crippen molar-refractivity contribution in [2.45, 2.75) is 27.7 Å². The minimum Gasteiger partial charge on any atom is -0.373 e. The average molecular weight is 306 g/mol. The number of benzene rings is 2. The minimum atomic E-state index is 0.630. The van der Waals surface area contributed by atoms with Crippen LogP contribution in [0.2, 0.25) is 0 Å². The Kier molecular flexibility index (Phi) is 6.37. The fourth-order valence-electron chi connectivity index (χ4n) is 2.58. The van der Waals surface area contributed by atoms with Crippen molar-refractivity contribution >= 4 is 12.2 Å². The van der Waals surface area contributed by atoms with Crippen molar-refractivity contribution in [2.24, 2.45) is 0 Å². The summed E-state index contributed by atoms with van der Waals surface area (Å²) in [6, 6.07) is 13.0. The Morgan fingerprint density at radius 2 is 1.13 bits per heavy atom. The van der Waals surface area contributed by atoms with Gasteiger partial charge in [-0.1, -0.05) is 71.8 Å². The van der Waals surface area contributed by atoms with Crippen LogP contribution in [-0.4, -0.2) is 13.2 Å². The number of hydrogen-bond donors (Lipinski definition) is 0. The maximum atomic E-state index is 5.63. The van der Waals surface area contributed by atoms with Gasteiger partial charge in [0.25, 0.3) is 0 Å². The Morgan fingerprint density at radius 3 is 1.52 bits per heavy atom. The van der Waals surface area contributed by atoms with E-state index in [2.05, 4.69) is 88.4 Å². The molecule has 0 heterocycles. The molecule has 0 spiro atoms. The Bertz CT molecular complexity index is 646. The number of ether oxygens (including phenoxy) is 1. The zero-order valence-electron chi connectivity index (χ0n) is 14.6. The molecule has 0 unspecified atom stereocenters. The summed E-state index contributed by atoms with van der Waals surface area (Å²) in [5.74, 6) is 0. The molecule has 120 valence electrons. The van der Waals surface area contributed by atoms with E-state index in [1.54, 1.807) is 0 Å². The third kappa shape index (κ3) is 5.54. The molecule has 0 fully saturated rings. The van der Waals surface area contributed by atoms with Crippen LogP contribution in [0.1, 0.15) is 33.4 Å². The highest BCUT2D eigenvalue weighted by Gasteiger charge is 1.94. The normalized spacial score (nSPS) is 11.7. The molecule has 0 aliphatic rings. The molecule has 0 aliphatic heterocycles. The van der Waals surface area contributed by atoms with Gasteiger partial charge in [0, 0.05) is 0 Å². The van der Waals surface area contributed by atoms with Gasteiger partial charge in [0.15, 0.2) is 0 Å². The first-order valence-electron chi connectivity index (χ1n) is 8.11. The monoisotopic (exact) mass is 306 g/mol. The van der Waals surface area contributed by atoms with Crippen LogP contribution in [-0.2, 0) is 4.74 Å². The molecule has 1 heteroatoms. The van der Waals surface area contributed by atoms with Crippen LogP contribution in [0.3, 0.4) is 0 Å². The van der Waals surface area contributed by atoms with Crippen molar-refractivity contribution in [1.29, 1.82) is 0 Å². The molecule has 2 aromatic rings. The van der Waals surface area contributed by atoms with E-state index in [1.165, 1.54) is 33.4 Å². The third-order valence-electron chi connectivity index (χ3n) is 3.87. The highest BCUT2D eigenvalue weighted by Crippen LogP contribution is 2.13. The van der Waals surface area contributed by atoms with E-state index in [1.807, 2.05) is 0 Å². The quantitative estimate of drug-likeness (QED) is 0.625. The highest BCUT2D eigenvalue weighted by molar-refractivity contribution is 5.55. The molecule has 0 atom stereocenters. The van der Waals surface area contributed by atoms with Crippen molar-refractivity contribution in [1.82, 2.24) is 0 Å². The van der Waals surface area contributed by atoms with Gasteiger partial charge < -0.3 is 4.74 Å². The summed E-state index contributed by atoms with van der Waals surface area (Å²) in [6.45, 7) is 9.77. The van der Waals surface area contributed by atoms with Crippen molar-refractivity contribution in [3.05, 3.63) is 81.9 Å². The molecular formula is C22H26O. The predicted octanol–water partition coefficient (Wildman–Crippen LogP) is 5.66. The molecule has 0 aromatic heterocycles. The average Bonchev–Trinajstić information content (AvgIpc) is 2.50. The van der Waals surface area contributed by atoms with Gasteiger partial charge in [-0.15, -0.1) is 0 Å². The van der Waals surface area contributed by atoms with Crippen LogP contribution in [0.4, 0.5) is 0 Å². The SMILES string of the molecule is Cc1ccc(C=CCOCC=Cc2ccc(C)cc2C)c(C)c1. The minimum absolute atomic E-state index is 0.630. The first-order valence-corrected chi connectivity index (χ1v) is 8.11. The second-order valence-corrected chi connectivity index (χ2v) is 6.06. The van der Waals surface area contributed by atoms with Gasteiger partial charge in [0.2, 0.25) is 0 Å². The van der Waals surface area contributed by atoms with Crippen LogP contribution in [0, 0.1) is 27.7 Å². The Hall–Kier alpha value is -2.12. The van der Waals surface area contributed by atoms with Crippen molar-refractivity contribution in [2.75, 3.05) is 13.2 Å². The van der Waals surface area contributed by atoms with Gasteiger partial charge in [-0.25, -0.2) is 0 Å². The largest absolute Gasteiger partial charge is 0.373 e. The summed E-state index contributed by atoms with van der Waals surface area (Å²) in [5, 5.41) is 0. The molecule has 0 aliphatic carbocycles. The summed E-state index contributed by atoms with van der Waals surface area (Å²) < 4.78 is 5.63. The predicted molar refractivity (Wildman–Crippen MR) is 101 cm³/mol. The lowest BCUT2D eigenvalue weighted by Gasteiger charge is -2.02. The maximum Gasteiger partial charge on any atom is 0.0655 e. The van der Waals surface area contributed by atoms with Gasteiger partial charge in [0.1, 0.15) is 0 Å². The van der Waals surface area contributed by atoms with Gasteiger partial charge in [-0.05, 0) is 49.9 Å². The zero-order valence-corrected chi connectivity index (χ0v) is 14.6. The van der Waals surface area contributed by atoms with E-state index in [4.69, 9.17) is 4.74 Å². The van der Waals surface area contributed by atoms with Crippen LogP contribution in [0.5, 0.6) is 0 Å². The number of rotatable bonds is 6. The smallest absolute Gasteiger partial charge is 0.0655 e. The fraction of sp³-hybridized carbons (Fsp3) is 0.273. The Morgan fingerprint density at radius 1 is 0.696 bits per heavy atom. The van der Waals surface area contributed by atoms with Crippen LogP contribution in [0.15, 0.2) is 48.6 Å². The van der Waals surface area contributed by atoms with E-state index in [0.717, 1.165) is 0 Å². The molecule has 0 radical (unpaired) electrons. The maximum absolute atomic E-state index is 5.63. The second-order valence-electron chi connectivity index (χ2n) is 6.06. The molecule has 2 rings (SSSR count). The lowest BCUT2D eigenvalue weighted by atomic mass is 10.1. The summed E-state index contributed by atoms with van der Waals surface area (Å²) in [5.41, 5.74) is 7.71. The highest BCUT2D eigenvalue weighted by atomic mass is 16.5. The van der Waals surface area contributed by atoms with E-state index >= 15 is 0 Å². The summed E-state index contributed by atoms with van der Waals surface area (Å²) >= 11 is 0. The summed E-state index contributed by atoms with van der Waals surface area (Å²) in [7, 11) is 0. The van der Waals surface area contributed by atoms with Gasteiger partial charge in [0.05, 0.1) is 13.2 Å². The summed E-state index contributed by atoms with van der Waals surface area (Å²) in [4.78, 5) is 0. The summed E-state index contributed by atoms with van der Waals surface area (Å²) in [6.07, 6.45) is 8.40. The lowest BCUT2D eigenvalue weighted by molar-refractivity contribution is 0.195. The van der Waals surface area contributed by atoms with Gasteiger partial charge >= 0.3 is 0 Å². The van der Waals surface area contributed by atoms with Gasteiger partial charge in [-0.3, -0.25) is 0 Å². The second kappa shape index (κ2) is 8.50. The topological polar surface area (TPSA) is 9.23 Å². The molecule has 23 heavy (non-hydrogen) atoms. The molecule has 0 N–H and O–H groups in total. The molecule has 2 aromatic carbocycles. The van der Waals surface area contributed by atoms with E-state index in [0.29, 0.717) is 13.2 Å². The van der Waals surface area contributed by atoms with Crippen LogP contribution >= 0.6 is 0 Å². The van der Waals surface area contributed by atoms with Crippen LogP contribution in [0.25, 0.3) is 12.2 Å². The van der Waals surface area contributed by atoms with Crippen LogP contribution < -0.4 is 0 Å². The van der Waals surface area contributed by atoms with E-state index in [-0.39, 0.29) is 0 Å². The first-order chi connectivity index (χ1) is 11.1. The van der Waals surface area contributed by atoms with Crippen molar-refractivity contribution in [3.63, 3.8) is 0 Å². The zero-order chi connectivity index (χ0) is 16.7. The molecule has 1 nitrogen and oxygen atoms in total. The van der Waals surface area contributed by atoms with E-state index < -0.39 is 0 Å². The van der Waals surface area contributed by atoms with Gasteiger partial charge in [-0.2, -0.15) is 0 Å².